The van der Waals surface area contributed by atoms with Gasteiger partial charge in [-0.2, -0.15) is 0 Å². The molecule has 1 aliphatic heterocycles. The minimum Gasteiger partial charge on any atom is -0.381 e. The molecule has 1 N–H and O–H groups in total. The molecule has 1 aliphatic rings. The maximum Gasteiger partial charge on any atom is 0.214 e. The fraction of sp³-hybridized carbons (Fsp3) is 0.600. The molecule has 0 aliphatic carbocycles. The van der Waals surface area contributed by atoms with Gasteiger partial charge in [0.25, 0.3) is 0 Å². The SMILES string of the molecule is CO[C@H](C)CS(=O)(=O)N[C@H]1CCCN(c2ccccc2F)C1. The van der Waals surface area contributed by atoms with E-state index < -0.39 is 10.0 Å². The molecule has 0 aromatic heterocycles. The van der Waals surface area contributed by atoms with E-state index in [2.05, 4.69) is 4.72 Å². The number of rotatable bonds is 6. The summed E-state index contributed by atoms with van der Waals surface area (Å²) in [6.45, 7) is 2.92. The number of methoxy groups -OCH3 is 1. The monoisotopic (exact) mass is 330 g/mol. The lowest BCUT2D eigenvalue weighted by Crippen LogP contribution is -2.49. The number of sulfonamides is 1. The third-order valence-electron chi connectivity index (χ3n) is 3.82. The third kappa shape index (κ3) is 4.66. The minimum absolute atomic E-state index is 0.0697. The van der Waals surface area contributed by atoms with Gasteiger partial charge in [0.1, 0.15) is 5.82 Å². The molecule has 22 heavy (non-hydrogen) atoms. The van der Waals surface area contributed by atoms with Gasteiger partial charge in [0.15, 0.2) is 0 Å². The molecular formula is C15H23FN2O3S. The highest BCUT2D eigenvalue weighted by atomic mass is 32.2. The Balaban J connectivity index is 2.01. The number of halogens is 1. The number of benzene rings is 1. The topological polar surface area (TPSA) is 58.6 Å². The molecule has 0 saturated carbocycles. The lowest BCUT2D eigenvalue weighted by Gasteiger charge is -2.34. The molecule has 1 saturated heterocycles. The quantitative estimate of drug-likeness (QED) is 0.863. The molecule has 1 heterocycles. The summed E-state index contributed by atoms with van der Waals surface area (Å²) in [5.41, 5.74) is 0.525. The summed E-state index contributed by atoms with van der Waals surface area (Å²) in [6, 6.07) is 6.37. The molecule has 0 amide bonds. The van der Waals surface area contributed by atoms with Crippen molar-refractivity contribution in [3.05, 3.63) is 30.1 Å². The number of hydrogen-bond donors (Lipinski definition) is 1. The van der Waals surface area contributed by atoms with Crippen LogP contribution < -0.4 is 9.62 Å². The number of para-hydroxylation sites is 1. The van der Waals surface area contributed by atoms with Gasteiger partial charge in [-0.1, -0.05) is 12.1 Å². The second-order valence-electron chi connectivity index (χ2n) is 5.68. The summed E-state index contributed by atoms with van der Waals surface area (Å²) in [6.07, 6.45) is 1.22. The number of ether oxygens (including phenoxy) is 1. The van der Waals surface area contributed by atoms with Crippen LogP contribution in [0.1, 0.15) is 19.8 Å². The van der Waals surface area contributed by atoms with Crippen molar-refractivity contribution >= 4 is 15.7 Å². The second kappa shape index (κ2) is 7.39. The van der Waals surface area contributed by atoms with Gasteiger partial charge in [-0.25, -0.2) is 17.5 Å². The first-order valence-corrected chi connectivity index (χ1v) is 9.09. The van der Waals surface area contributed by atoms with Crippen LogP contribution in [0.4, 0.5) is 10.1 Å². The van der Waals surface area contributed by atoms with Crippen molar-refractivity contribution in [3.63, 3.8) is 0 Å². The van der Waals surface area contributed by atoms with Gasteiger partial charge in [0.2, 0.25) is 10.0 Å². The highest BCUT2D eigenvalue weighted by Crippen LogP contribution is 2.23. The summed E-state index contributed by atoms with van der Waals surface area (Å²) in [5.74, 6) is -0.348. The Morgan fingerprint density at radius 3 is 2.86 bits per heavy atom. The molecule has 5 nitrogen and oxygen atoms in total. The van der Waals surface area contributed by atoms with Crippen molar-refractivity contribution in [2.75, 3.05) is 30.9 Å². The summed E-state index contributed by atoms with van der Waals surface area (Å²) >= 11 is 0. The number of nitrogens with zero attached hydrogens (tertiary/aromatic N) is 1. The zero-order chi connectivity index (χ0) is 16.2. The van der Waals surface area contributed by atoms with Crippen molar-refractivity contribution in [3.8, 4) is 0 Å². The first-order chi connectivity index (χ1) is 10.4. The van der Waals surface area contributed by atoms with Crippen LogP contribution >= 0.6 is 0 Å². The Morgan fingerprint density at radius 1 is 1.45 bits per heavy atom. The van der Waals surface area contributed by atoms with Gasteiger partial charge in [-0.3, -0.25) is 0 Å². The van der Waals surface area contributed by atoms with E-state index in [-0.39, 0.29) is 23.7 Å². The van der Waals surface area contributed by atoms with Crippen LogP contribution in [-0.4, -0.2) is 46.5 Å². The molecule has 7 heteroatoms. The van der Waals surface area contributed by atoms with E-state index in [9.17, 15) is 12.8 Å². The van der Waals surface area contributed by atoms with Gasteiger partial charge in [0.05, 0.1) is 17.5 Å². The molecule has 2 rings (SSSR count). The Morgan fingerprint density at radius 2 is 2.18 bits per heavy atom. The average molecular weight is 330 g/mol. The zero-order valence-corrected chi connectivity index (χ0v) is 13.8. The molecule has 2 atom stereocenters. The lowest BCUT2D eigenvalue weighted by atomic mass is 10.1. The third-order valence-corrected chi connectivity index (χ3v) is 5.42. The molecule has 0 spiro atoms. The minimum atomic E-state index is -3.40. The van der Waals surface area contributed by atoms with E-state index in [0.717, 1.165) is 19.4 Å². The Bertz CT molecular complexity index is 594. The largest absolute Gasteiger partial charge is 0.381 e. The Kier molecular flexibility index (Phi) is 5.77. The summed E-state index contributed by atoms with van der Waals surface area (Å²) in [7, 11) is -1.92. The molecule has 1 aromatic carbocycles. The number of anilines is 1. The summed E-state index contributed by atoms with van der Waals surface area (Å²) in [5, 5.41) is 0. The zero-order valence-electron chi connectivity index (χ0n) is 13.0. The Labute approximate surface area is 131 Å². The highest BCUT2D eigenvalue weighted by Gasteiger charge is 2.26. The van der Waals surface area contributed by atoms with Crippen LogP contribution in [0.5, 0.6) is 0 Å². The molecule has 0 radical (unpaired) electrons. The lowest BCUT2D eigenvalue weighted by molar-refractivity contribution is 0.136. The summed E-state index contributed by atoms with van der Waals surface area (Å²) < 4.78 is 45.8. The van der Waals surface area contributed by atoms with Crippen LogP contribution in [0, 0.1) is 5.82 Å². The predicted octanol–water partition coefficient (Wildman–Crippen LogP) is 1.75. The molecule has 1 fully saturated rings. The van der Waals surface area contributed by atoms with Gasteiger partial charge < -0.3 is 9.64 Å². The number of hydrogen-bond acceptors (Lipinski definition) is 4. The van der Waals surface area contributed by atoms with E-state index in [1.807, 2.05) is 4.90 Å². The van der Waals surface area contributed by atoms with Gasteiger partial charge in [-0.15, -0.1) is 0 Å². The second-order valence-corrected chi connectivity index (χ2v) is 7.48. The highest BCUT2D eigenvalue weighted by molar-refractivity contribution is 7.89. The van der Waals surface area contributed by atoms with Gasteiger partial charge >= 0.3 is 0 Å². The van der Waals surface area contributed by atoms with E-state index in [1.54, 1.807) is 25.1 Å². The van der Waals surface area contributed by atoms with Crippen molar-refractivity contribution in [2.24, 2.45) is 0 Å². The number of nitrogens with one attached hydrogen (secondary N) is 1. The van der Waals surface area contributed by atoms with Crippen LogP contribution in [-0.2, 0) is 14.8 Å². The van der Waals surface area contributed by atoms with Crippen LogP contribution in [0.3, 0.4) is 0 Å². The average Bonchev–Trinajstić information content (AvgIpc) is 2.46. The smallest absolute Gasteiger partial charge is 0.214 e. The summed E-state index contributed by atoms with van der Waals surface area (Å²) in [4.78, 5) is 1.89. The molecule has 1 aromatic rings. The normalized spacial score (nSPS) is 20.9. The first kappa shape index (κ1) is 17.2. The van der Waals surface area contributed by atoms with E-state index in [0.29, 0.717) is 12.2 Å². The fourth-order valence-corrected chi connectivity index (χ4v) is 4.23. The van der Waals surface area contributed by atoms with Crippen molar-refractivity contribution in [2.45, 2.75) is 31.9 Å². The standard InChI is InChI=1S/C15H23FN2O3S/c1-12(21-2)11-22(19,20)17-13-6-5-9-18(10-13)15-8-4-3-7-14(15)16/h3-4,7-8,12-13,17H,5-6,9-11H2,1-2H3/t12-,13+/m1/s1. The van der Waals surface area contributed by atoms with Crippen LogP contribution in [0.2, 0.25) is 0 Å². The van der Waals surface area contributed by atoms with Crippen molar-refractivity contribution in [1.29, 1.82) is 0 Å². The van der Waals surface area contributed by atoms with E-state index in [4.69, 9.17) is 4.74 Å². The van der Waals surface area contributed by atoms with Gasteiger partial charge in [0, 0.05) is 26.2 Å². The van der Waals surface area contributed by atoms with E-state index in [1.165, 1.54) is 13.2 Å². The number of piperidine rings is 1. The maximum absolute atomic E-state index is 13.9. The molecule has 124 valence electrons. The molecule has 0 unspecified atom stereocenters. The van der Waals surface area contributed by atoms with E-state index >= 15 is 0 Å². The van der Waals surface area contributed by atoms with Crippen molar-refractivity contribution in [1.82, 2.24) is 4.72 Å². The first-order valence-electron chi connectivity index (χ1n) is 7.43. The Hall–Kier alpha value is -1.18. The van der Waals surface area contributed by atoms with Gasteiger partial charge in [-0.05, 0) is 31.9 Å². The maximum atomic E-state index is 13.9. The fourth-order valence-electron chi connectivity index (χ4n) is 2.68. The van der Waals surface area contributed by atoms with Crippen molar-refractivity contribution < 1.29 is 17.5 Å². The molecular weight excluding hydrogens is 307 g/mol. The van der Waals surface area contributed by atoms with Crippen LogP contribution in [0.15, 0.2) is 24.3 Å². The predicted molar refractivity (Wildman–Crippen MR) is 85.0 cm³/mol. The van der Waals surface area contributed by atoms with Crippen LogP contribution in [0.25, 0.3) is 0 Å². The molecule has 0 bridgehead atoms.